The number of amides is 1. The van der Waals surface area contributed by atoms with Crippen molar-refractivity contribution in [2.75, 3.05) is 25.4 Å². The molecule has 26 heavy (non-hydrogen) atoms. The topological polar surface area (TPSA) is 103 Å². The maximum absolute atomic E-state index is 12.3. The lowest BCUT2D eigenvalue weighted by atomic mass is 10.2. The molecule has 2 heterocycles. The van der Waals surface area contributed by atoms with Crippen LogP contribution >= 0.6 is 11.6 Å². The average Bonchev–Trinajstić information content (AvgIpc) is 2.67. The van der Waals surface area contributed by atoms with Crippen LogP contribution in [0.5, 0.6) is 0 Å². The highest BCUT2D eigenvalue weighted by Crippen LogP contribution is 2.18. The fourth-order valence-electron chi connectivity index (χ4n) is 2.37. The lowest BCUT2D eigenvalue weighted by Crippen LogP contribution is -2.46. The second-order valence-corrected chi connectivity index (χ2v) is 5.98. The first-order chi connectivity index (χ1) is 12.6. The lowest BCUT2D eigenvalue weighted by molar-refractivity contribution is 0.00331. The molecular formula is C17H18ClN5O3. The van der Waals surface area contributed by atoms with Crippen LogP contribution in [0.25, 0.3) is 0 Å². The molecule has 136 valence electrons. The number of hydrogen-bond donors (Lipinski definition) is 1. The number of hydrogen-bond acceptors (Lipinski definition) is 7. The zero-order valence-electron chi connectivity index (χ0n) is 13.9. The number of rotatable bonds is 4. The van der Waals surface area contributed by atoms with Gasteiger partial charge in [-0.1, -0.05) is 29.8 Å². The van der Waals surface area contributed by atoms with Gasteiger partial charge in [0.2, 0.25) is 0 Å². The van der Waals surface area contributed by atoms with Crippen molar-refractivity contribution in [1.82, 2.24) is 14.9 Å². The van der Waals surface area contributed by atoms with Crippen LogP contribution in [-0.2, 0) is 16.1 Å². The number of halogens is 1. The number of nitrogens with two attached hydrogens (primary N) is 1. The smallest absolute Gasteiger partial charge is 0.410 e. The summed E-state index contributed by atoms with van der Waals surface area (Å²) in [5, 5.41) is 0.565. The van der Waals surface area contributed by atoms with E-state index in [1.165, 1.54) is 12.5 Å². The van der Waals surface area contributed by atoms with Crippen molar-refractivity contribution < 1.29 is 14.3 Å². The summed E-state index contributed by atoms with van der Waals surface area (Å²) in [7, 11) is 0. The Hall–Kier alpha value is -2.71. The zero-order chi connectivity index (χ0) is 18.4. The van der Waals surface area contributed by atoms with Crippen molar-refractivity contribution in [3.05, 3.63) is 47.4 Å². The van der Waals surface area contributed by atoms with Gasteiger partial charge in [0.1, 0.15) is 24.7 Å². The summed E-state index contributed by atoms with van der Waals surface area (Å²) in [6.07, 6.45) is 3.66. The number of benzene rings is 1. The summed E-state index contributed by atoms with van der Waals surface area (Å²) >= 11 is 6.07. The number of aliphatic imine (C=N–C) groups is 1. The van der Waals surface area contributed by atoms with Crippen LogP contribution in [0.4, 0.5) is 16.3 Å². The number of ether oxygens (including phenoxy) is 2. The summed E-state index contributed by atoms with van der Waals surface area (Å²) in [5.41, 5.74) is 6.93. The van der Waals surface area contributed by atoms with Gasteiger partial charge in [-0.3, -0.25) is 4.99 Å². The van der Waals surface area contributed by atoms with Crippen LogP contribution < -0.4 is 5.73 Å². The molecule has 1 atom stereocenters. The van der Waals surface area contributed by atoms with E-state index in [9.17, 15) is 4.79 Å². The van der Waals surface area contributed by atoms with Crippen LogP contribution in [0.15, 0.2) is 41.8 Å². The van der Waals surface area contributed by atoms with E-state index in [0.717, 1.165) is 5.56 Å². The minimum Gasteiger partial charge on any atom is -0.444 e. The largest absolute Gasteiger partial charge is 0.444 e. The van der Waals surface area contributed by atoms with Crippen molar-refractivity contribution in [1.29, 1.82) is 0 Å². The summed E-state index contributed by atoms with van der Waals surface area (Å²) in [6, 6.07) is 7.24. The second-order valence-electron chi connectivity index (χ2n) is 5.57. The Balaban J connectivity index is 1.55. The van der Waals surface area contributed by atoms with Gasteiger partial charge in [0.05, 0.1) is 19.3 Å². The Morgan fingerprint density at radius 2 is 2.35 bits per heavy atom. The number of carbonyl (C=O) groups excluding carboxylic acids is 1. The molecule has 0 aliphatic carbocycles. The van der Waals surface area contributed by atoms with E-state index < -0.39 is 6.09 Å². The minimum absolute atomic E-state index is 0.118. The maximum atomic E-state index is 12.3. The number of carbonyl (C=O) groups is 1. The van der Waals surface area contributed by atoms with Crippen LogP contribution in [0.3, 0.4) is 0 Å². The lowest BCUT2D eigenvalue weighted by Gasteiger charge is -2.30. The molecule has 0 spiro atoms. The van der Waals surface area contributed by atoms with Gasteiger partial charge in [-0.2, -0.15) is 0 Å². The molecule has 1 amide bonds. The van der Waals surface area contributed by atoms with Gasteiger partial charge in [-0.05, 0) is 6.07 Å². The molecule has 0 radical (unpaired) electrons. The highest BCUT2D eigenvalue weighted by atomic mass is 35.5. The molecule has 8 nitrogen and oxygen atoms in total. The van der Waals surface area contributed by atoms with E-state index in [1.807, 2.05) is 18.2 Å². The summed E-state index contributed by atoms with van der Waals surface area (Å²) < 4.78 is 10.9. The third kappa shape index (κ3) is 4.68. The second kappa shape index (κ2) is 8.59. The van der Waals surface area contributed by atoms with E-state index in [0.29, 0.717) is 30.4 Å². The molecule has 1 saturated heterocycles. The van der Waals surface area contributed by atoms with E-state index in [2.05, 4.69) is 15.0 Å². The van der Waals surface area contributed by atoms with Crippen LogP contribution in [0.1, 0.15) is 5.56 Å². The number of nitrogens with zero attached hydrogens (tertiary/aromatic N) is 4. The van der Waals surface area contributed by atoms with E-state index in [4.69, 9.17) is 26.8 Å². The third-order valence-electron chi connectivity index (χ3n) is 3.76. The van der Waals surface area contributed by atoms with Gasteiger partial charge in [0.15, 0.2) is 5.82 Å². The van der Waals surface area contributed by atoms with Crippen molar-refractivity contribution >= 4 is 35.4 Å². The Morgan fingerprint density at radius 3 is 3.15 bits per heavy atom. The first-order valence-corrected chi connectivity index (χ1v) is 8.37. The molecular weight excluding hydrogens is 358 g/mol. The summed E-state index contributed by atoms with van der Waals surface area (Å²) in [6.45, 7) is 1.28. The predicted octanol–water partition coefficient (Wildman–Crippen LogP) is 2.45. The maximum Gasteiger partial charge on any atom is 0.410 e. The van der Waals surface area contributed by atoms with E-state index in [1.54, 1.807) is 17.2 Å². The van der Waals surface area contributed by atoms with Crippen molar-refractivity contribution in [2.45, 2.75) is 12.7 Å². The first-order valence-electron chi connectivity index (χ1n) is 8.00. The van der Waals surface area contributed by atoms with Crippen LogP contribution in [0, 0.1) is 0 Å². The molecule has 1 fully saturated rings. The molecule has 1 aromatic heterocycles. The Morgan fingerprint density at radius 1 is 1.50 bits per heavy atom. The van der Waals surface area contributed by atoms with E-state index >= 15 is 0 Å². The zero-order valence-corrected chi connectivity index (χ0v) is 14.7. The highest BCUT2D eigenvalue weighted by Gasteiger charge is 2.24. The first kappa shape index (κ1) is 18.1. The number of nitrogen functional groups attached to an aromatic ring is 1. The number of morpholine rings is 1. The molecule has 3 rings (SSSR count). The Bertz CT molecular complexity index is 801. The molecule has 2 aromatic rings. The van der Waals surface area contributed by atoms with E-state index in [-0.39, 0.29) is 18.5 Å². The average molecular weight is 376 g/mol. The van der Waals surface area contributed by atoms with Gasteiger partial charge in [0.25, 0.3) is 0 Å². The molecule has 9 heteroatoms. The Labute approximate surface area is 155 Å². The number of anilines is 1. The molecule has 0 bridgehead atoms. The monoisotopic (exact) mass is 375 g/mol. The highest BCUT2D eigenvalue weighted by molar-refractivity contribution is 6.31. The predicted molar refractivity (Wildman–Crippen MR) is 97.5 cm³/mol. The van der Waals surface area contributed by atoms with Crippen molar-refractivity contribution in [3.63, 3.8) is 0 Å². The standard InChI is InChI=1S/C17H18ClN5O3/c18-14-4-2-1-3-12(14)10-26-17(24)23-5-6-25-13(9-23)7-21-15-8-20-11-22-16(15)19/h1-4,7-8,11,13H,5-6,9-10H2,(H2,19,20,22)/t13-/m1/s1. The van der Waals surface area contributed by atoms with Gasteiger partial charge < -0.3 is 20.1 Å². The van der Waals surface area contributed by atoms with Crippen molar-refractivity contribution in [3.8, 4) is 0 Å². The molecule has 1 aromatic carbocycles. The molecule has 0 saturated carbocycles. The Kier molecular flexibility index (Phi) is 5.98. The van der Waals surface area contributed by atoms with Gasteiger partial charge in [0, 0.05) is 23.3 Å². The van der Waals surface area contributed by atoms with Gasteiger partial charge in [-0.25, -0.2) is 14.8 Å². The molecule has 2 N–H and O–H groups in total. The van der Waals surface area contributed by atoms with Crippen molar-refractivity contribution in [2.24, 2.45) is 4.99 Å². The molecule has 1 aliphatic rings. The SMILES string of the molecule is Nc1ncncc1N=C[C@@H]1CN(C(=O)OCc2ccccc2Cl)CCO1. The van der Waals surface area contributed by atoms with Crippen LogP contribution in [-0.4, -0.2) is 53.0 Å². The van der Waals surface area contributed by atoms with Gasteiger partial charge in [-0.15, -0.1) is 0 Å². The fourth-order valence-corrected chi connectivity index (χ4v) is 2.56. The number of aromatic nitrogens is 2. The van der Waals surface area contributed by atoms with Crippen LogP contribution in [0.2, 0.25) is 5.02 Å². The van der Waals surface area contributed by atoms with Gasteiger partial charge >= 0.3 is 6.09 Å². The molecule has 1 aliphatic heterocycles. The quantitative estimate of drug-likeness (QED) is 0.823. The summed E-state index contributed by atoms with van der Waals surface area (Å²) in [4.78, 5) is 25.8. The molecule has 0 unspecified atom stereocenters. The normalized spacial score (nSPS) is 17.4. The summed E-state index contributed by atoms with van der Waals surface area (Å²) in [5.74, 6) is 0.281. The fraction of sp³-hybridized carbons (Fsp3) is 0.294. The minimum atomic E-state index is -0.422. The third-order valence-corrected chi connectivity index (χ3v) is 4.13.